The largest absolute Gasteiger partial charge is 0.481 e. The van der Waals surface area contributed by atoms with Crippen LogP contribution in [0.15, 0.2) is 30.5 Å². The predicted molar refractivity (Wildman–Crippen MR) is 71.4 cm³/mol. The molecule has 0 atom stereocenters. The van der Waals surface area contributed by atoms with E-state index >= 15 is 0 Å². The van der Waals surface area contributed by atoms with E-state index in [1.54, 1.807) is 24.3 Å². The second-order valence-electron chi connectivity index (χ2n) is 3.83. The van der Waals surface area contributed by atoms with E-state index in [1.807, 2.05) is 0 Å². The molecule has 0 fully saturated rings. The summed E-state index contributed by atoms with van der Waals surface area (Å²) in [5.41, 5.74) is 0.618. The summed E-state index contributed by atoms with van der Waals surface area (Å²) in [6, 6.07) is 6.81. The third kappa shape index (κ3) is 3.58. The number of hydrogen-bond acceptors (Lipinski definition) is 5. The van der Waals surface area contributed by atoms with Gasteiger partial charge in [-0.3, -0.25) is 4.79 Å². The van der Waals surface area contributed by atoms with Crippen LogP contribution in [0.1, 0.15) is 5.56 Å². The molecule has 2 aromatic rings. The van der Waals surface area contributed by atoms with Crippen molar-refractivity contribution in [1.82, 2.24) is 9.97 Å². The Balaban J connectivity index is 2.23. The molecule has 0 amide bonds. The number of nitrogens with zero attached hydrogens (tertiary/aromatic N) is 2. The molecule has 0 aliphatic carbocycles. The summed E-state index contributed by atoms with van der Waals surface area (Å²) in [5, 5.41) is 8.99. The molecule has 0 radical (unpaired) electrons. The Kier molecular flexibility index (Phi) is 4.37. The number of aromatic nitrogens is 2. The van der Waals surface area contributed by atoms with Crippen LogP contribution in [0.25, 0.3) is 0 Å². The zero-order valence-corrected chi connectivity index (χ0v) is 11.3. The van der Waals surface area contributed by atoms with Crippen LogP contribution in [0.2, 0.25) is 5.02 Å². The molecule has 104 valence electrons. The van der Waals surface area contributed by atoms with Gasteiger partial charge in [-0.1, -0.05) is 23.7 Å². The van der Waals surface area contributed by atoms with Crippen molar-refractivity contribution in [3.63, 3.8) is 0 Å². The van der Waals surface area contributed by atoms with Gasteiger partial charge < -0.3 is 14.6 Å². The Morgan fingerprint density at radius 3 is 2.95 bits per heavy atom. The van der Waals surface area contributed by atoms with Gasteiger partial charge in [-0.15, -0.1) is 0 Å². The molecule has 1 N–H and O–H groups in total. The van der Waals surface area contributed by atoms with Crippen LogP contribution in [0.4, 0.5) is 0 Å². The monoisotopic (exact) mass is 294 g/mol. The van der Waals surface area contributed by atoms with E-state index in [9.17, 15) is 4.79 Å². The van der Waals surface area contributed by atoms with Crippen molar-refractivity contribution in [3.05, 3.63) is 41.0 Å². The molecule has 0 spiro atoms. The normalized spacial score (nSPS) is 10.1. The first-order chi connectivity index (χ1) is 9.58. The lowest BCUT2D eigenvalue weighted by molar-refractivity contribution is -0.136. The predicted octanol–water partition coefficient (Wildman–Crippen LogP) is 2.56. The first-order valence-electron chi connectivity index (χ1n) is 5.63. The summed E-state index contributed by atoms with van der Waals surface area (Å²) in [5.74, 6) is -0.332. The highest BCUT2D eigenvalue weighted by molar-refractivity contribution is 6.31. The van der Waals surface area contributed by atoms with Crippen LogP contribution < -0.4 is 9.47 Å². The van der Waals surface area contributed by atoms with Gasteiger partial charge in [0.1, 0.15) is 10.8 Å². The third-order valence-corrected chi connectivity index (χ3v) is 2.60. The fourth-order valence-corrected chi connectivity index (χ4v) is 1.64. The van der Waals surface area contributed by atoms with Crippen LogP contribution in [-0.4, -0.2) is 28.2 Å². The smallest absolute Gasteiger partial charge is 0.319 e. The number of hydrogen-bond donors (Lipinski definition) is 1. The molecule has 0 aliphatic heterocycles. The highest BCUT2D eigenvalue weighted by Crippen LogP contribution is 2.28. The van der Waals surface area contributed by atoms with Crippen LogP contribution in [0.5, 0.6) is 17.6 Å². The number of carboxylic acids is 1. The molecule has 7 heteroatoms. The fraction of sp³-hybridized carbons (Fsp3) is 0.154. The van der Waals surface area contributed by atoms with E-state index in [0.717, 1.165) is 0 Å². The maximum atomic E-state index is 10.7. The Labute approximate surface area is 120 Å². The van der Waals surface area contributed by atoms with E-state index in [4.69, 9.17) is 26.2 Å². The third-order valence-electron chi connectivity index (χ3n) is 2.34. The van der Waals surface area contributed by atoms with E-state index in [2.05, 4.69) is 9.97 Å². The van der Waals surface area contributed by atoms with Gasteiger partial charge in [-0.2, -0.15) is 4.98 Å². The van der Waals surface area contributed by atoms with Gasteiger partial charge in [-0.25, -0.2) is 4.98 Å². The molecular formula is C13H11ClN2O4. The molecule has 0 saturated carbocycles. The summed E-state index contributed by atoms with van der Waals surface area (Å²) in [7, 11) is 1.43. The molecule has 1 heterocycles. The average molecular weight is 295 g/mol. The van der Waals surface area contributed by atoms with E-state index in [0.29, 0.717) is 11.3 Å². The van der Waals surface area contributed by atoms with Gasteiger partial charge in [0.15, 0.2) is 0 Å². The van der Waals surface area contributed by atoms with Crippen molar-refractivity contribution >= 4 is 17.6 Å². The van der Waals surface area contributed by atoms with Gasteiger partial charge in [0.05, 0.1) is 19.7 Å². The van der Waals surface area contributed by atoms with Crippen molar-refractivity contribution < 1.29 is 19.4 Å². The molecule has 0 saturated heterocycles. The number of benzene rings is 1. The lowest BCUT2D eigenvalue weighted by atomic mass is 10.1. The summed E-state index contributed by atoms with van der Waals surface area (Å²) in [4.78, 5) is 18.5. The Hall–Kier alpha value is -2.34. The maximum absolute atomic E-state index is 10.7. The highest BCUT2D eigenvalue weighted by atomic mass is 35.5. The van der Waals surface area contributed by atoms with E-state index in [1.165, 1.54) is 13.3 Å². The zero-order chi connectivity index (χ0) is 14.5. The molecule has 1 aromatic heterocycles. The minimum absolute atomic E-state index is 0.0853. The van der Waals surface area contributed by atoms with Gasteiger partial charge in [0, 0.05) is 0 Å². The quantitative estimate of drug-likeness (QED) is 0.912. The Morgan fingerprint density at radius 1 is 1.45 bits per heavy atom. The minimum Gasteiger partial charge on any atom is -0.481 e. The zero-order valence-electron chi connectivity index (χ0n) is 10.5. The fourth-order valence-electron chi connectivity index (χ4n) is 1.51. The van der Waals surface area contributed by atoms with Crippen molar-refractivity contribution in [2.75, 3.05) is 7.11 Å². The van der Waals surface area contributed by atoms with Crippen molar-refractivity contribution in [3.8, 4) is 17.6 Å². The van der Waals surface area contributed by atoms with E-state index in [-0.39, 0.29) is 23.3 Å². The Bertz CT molecular complexity index is 634. The molecule has 1 aromatic carbocycles. The summed E-state index contributed by atoms with van der Waals surface area (Å²) in [6.07, 6.45) is 1.28. The average Bonchev–Trinajstić information content (AvgIpc) is 2.41. The van der Waals surface area contributed by atoms with Gasteiger partial charge in [-0.05, 0) is 17.7 Å². The van der Waals surface area contributed by atoms with Gasteiger partial charge in [0.2, 0.25) is 5.88 Å². The molecule has 2 rings (SSSR count). The summed E-state index contributed by atoms with van der Waals surface area (Å²) >= 11 is 5.93. The number of halogens is 1. The lowest BCUT2D eigenvalue weighted by Crippen LogP contribution is -2.00. The van der Waals surface area contributed by atoms with Crippen LogP contribution in [-0.2, 0) is 11.2 Å². The molecule has 20 heavy (non-hydrogen) atoms. The first kappa shape index (κ1) is 14.1. The van der Waals surface area contributed by atoms with Crippen LogP contribution in [0.3, 0.4) is 0 Å². The number of aliphatic carboxylic acids is 1. The molecule has 0 unspecified atom stereocenters. The standard InChI is InChI=1S/C13H11ClN2O4/c1-19-13-15-7-10(14)12(16-13)20-9-4-2-3-8(5-9)6-11(17)18/h2-5,7H,6H2,1H3,(H,17,18). The summed E-state index contributed by atoms with van der Waals surface area (Å²) < 4.78 is 10.4. The molecule has 0 bridgehead atoms. The van der Waals surface area contributed by atoms with Crippen molar-refractivity contribution in [2.24, 2.45) is 0 Å². The topological polar surface area (TPSA) is 81.5 Å². The number of rotatable bonds is 5. The molecular weight excluding hydrogens is 284 g/mol. The SMILES string of the molecule is COc1ncc(Cl)c(Oc2cccc(CC(=O)O)c2)n1. The second-order valence-corrected chi connectivity index (χ2v) is 4.24. The van der Waals surface area contributed by atoms with Gasteiger partial charge in [0.25, 0.3) is 0 Å². The van der Waals surface area contributed by atoms with Crippen molar-refractivity contribution in [1.29, 1.82) is 0 Å². The number of methoxy groups -OCH3 is 1. The second kappa shape index (κ2) is 6.21. The Morgan fingerprint density at radius 2 is 2.25 bits per heavy atom. The lowest BCUT2D eigenvalue weighted by Gasteiger charge is -2.08. The molecule has 6 nitrogen and oxygen atoms in total. The number of carboxylic acid groups (broad SMARTS) is 1. The van der Waals surface area contributed by atoms with Crippen molar-refractivity contribution in [2.45, 2.75) is 6.42 Å². The van der Waals surface area contributed by atoms with Crippen LogP contribution >= 0.6 is 11.6 Å². The summed E-state index contributed by atoms with van der Waals surface area (Å²) in [6.45, 7) is 0. The number of carbonyl (C=O) groups is 1. The minimum atomic E-state index is -0.913. The molecule has 0 aliphatic rings. The van der Waals surface area contributed by atoms with Gasteiger partial charge >= 0.3 is 12.0 Å². The maximum Gasteiger partial charge on any atom is 0.319 e. The van der Waals surface area contributed by atoms with E-state index < -0.39 is 5.97 Å². The van der Waals surface area contributed by atoms with Crippen LogP contribution in [0, 0.1) is 0 Å². The highest BCUT2D eigenvalue weighted by Gasteiger charge is 2.09. The number of ether oxygens (including phenoxy) is 2. The first-order valence-corrected chi connectivity index (χ1v) is 6.01.